The first-order valence-electron chi connectivity index (χ1n) is 13.6. The van der Waals surface area contributed by atoms with Gasteiger partial charge < -0.3 is 19.7 Å². The maximum Gasteiger partial charge on any atom is 0.249 e. The Morgan fingerprint density at radius 2 is 1.71 bits per heavy atom. The number of carbonyl (C=O) groups excluding carboxylic acids is 1. The average molecular weight is 544 g/mol. The summed E-state index contributed by atoms with van der Waals surface area (Å²) in [5, 5.41) is 3.18. The summed E-state index contributed by atoms with van der Waals surface area (Å²) in [7, 11) is -2.15. The molecule has 2 heterocycles. The standard InChI is InChI=1S/C29H41N3O5S/c1-21-17-26(36-4)18-22(2)28(21)38(34,35)32-16-10-13-25(32)20-37-23(3)29(33)30-27(19-31-14-8-9-15-31)24-11-6-5-7-12-24/h5-7,11-12,17-18,23,25,27H,8-10,13-16,19-20H2,1-4H3,(H,30,33). The zero-order valence-electron chi connectivity index (χ0n) is 23.0. The maximum absolute atomic E-state index is 13.7. The number of rotatable bonds is 11. The molecule has 4 rings (SSSR count). The van der Waals surface area contributed by atoms with E-state index in [0.717, 1.165) is 31.6 Å². The van der Waals surface area contributed by atoms with E-state index in [9.17, 15) is 13.2 Å². The van der Waals surface area contributed by atoms with Gasteiger partial charge in [0, 0.05) is 19.1 Å². The molecular weight excluding hydrogens is 502 g/mol. The number of methoxy groups -OCH3 is 1. The Morgan fingerprint density at radius 1 is 1.05 bits per heavy atom. The number of carbonyl (C=O) groups is 1. The van der Waals surface area contributed by atoms with E-state index in [1.54, 1.807) is 44.3 Å². The van der Waals surface area contributed by atoms with Gasteiger partial charge in [0.2, 0.25) is 15.9 Å². The predicted octanol–water partition coefficient (Wildman–Crippen LogP) is 3.82. The summed E-state index contributed by atoms with van der Waals surface area (Å²) in [6.45, 7) is 8.78. The second-order valence-corrected chi connectivity index (χ2v) is 12.3. The molecular formula is C29H41N3O5S. The summed E-state index contributed by atoms with van der Waals surface area (Å²) in [6.07, 6.45) is 3.13. The third-order valence-corrected chi connectivity index (χ3v) is 9.88. The number of nitrogens with zero attached hydrogens (tertiary/aromatic N) is 2. The van der Waals surface area contributed by atoms with E-state index in [0.29, 0.717) is 34.7 Å². The third-order valence-electron chi connectivity index (χ3n) is 7.63. The number of ether oxygens (including phenoxy) is 2. The lowest BCUT2D eigenvalue weighted by molar-refractivity contribution is -0.133. The highest BCUT2D eigenvalue weighted by atomic mass is 32.2. The lowest BCUT2D eigenvalue weighted by Gasteiger charge is -2.28. The Kier molecular flexibility index (Phi) is 9.46. The summed E-state index contributed by atoms with van der Waals surface area (Å²) in [5.41, 5.74) is 2.38. The van der Waals surface area contributed by atoms with E-state index in [-0.39, 0.29) is 24.6 Å². The number of hydrogen-bond donors (Lipinski definition) is 1. The van der Waals surface area contributed by atoms with Crippen LogP contribution in [0, 0.1) is 13.8 Å². The number of aryl methyl sites for hydroxylation is 2. The minimum Gasteiger partial charge on any atom is -0.497 e. The molecule has 0 radical (unpaired) electrons. The summed E-state index contributed by atoms with van der Waals surface area (Å²) in [4.78, 5) is 15.9. The number of hydrogen-bond acceptors (Lipinski definition) is 6. The normalized spacial score (nSPS) is 20.4. The smallest absolute Gasteiger partial charge is 0.249 e. The number of likely N-dealkylation sites (tertiary alicyclic amines) is 1. The first-order valence-corrected chi connectivity index (χ1v) is 15.0. The molecule has 2 aromatic rings. The van der Waals surface area contributed by atoms with Gasteiger partial charge in [-0.3, -0.25) is 4.79 Å². The van der Waals surface area contributed by atoms with Gasteiger partial charge in [-0.2, -0.15) is 4.31 Å². The topological polar surface area (TPSA) is 88.2 Å². The Bertz CT molecular complexity index is 1170. The summed E-state index contributed by atoms with van der Waals surface area (Å²) in [6, 6.07) is 13.1. The molecule has 3 unspecified atom stereocenters. The molecule has 208 valence electrons. The van der Waals surface area contributed by atoms with Gasteiger partial charge in [-0.15, -0.1) is 0 Å². The van der Waals surface area contributed by atoms with E-state index < -0.39 is 16.1 Å². The van der Waals surface area contributed by atoms with E-state index in [1.165, 1.54) is 12.8 Å². The zero-order valence-corrected chi connectivity index (χ0v) is 23.8. The van der Waals surface area contributed by atoms with Crippen LogP contribution in [0.3, 0.4) is 0 Å². The van der Waals surface area contributed by atoms with Crippen molar-refractivity contribution in [3.05, 3.63) is 59.2 Å². The molecule has 1 N–H and O–H groups in total. The molecule has 2 aliphatic rings. The average Bonchev–Trinajstić information content (AvgIpc) is 3.59. The molecule has 0 bridgehead atoms. The van der Waals surface area contributed by atoms with Gasteiger partial charge in [-0.1, -0.05) is 30.3 Å². The van der Waals surface area contributed by atoms with Crippen LogP contribution < -0.4 is 10.1 Å². The minimum atomic E-state index is -3.72. The summed E-state index contributed by atoms with van der Waals surface area (Å²) in [5.74, 6) is 0.450. The molecule has 2 aromatic carbocycles. The highest BCUT2D eigenvalue weighted by Gasteiger charge is 2.37. The van der Waals surface area contributed by atoms with Gasteiger partial charge in [0.15, 0.2) is 0 Å². The number of amides is 1. The first-order chi connectivity index (χ1) is 18.2. The SMILES string of the molecule is COc1cc(C)c(S(=O)(=O)N2CCCC2COC(C)C(=O)NC(CN2CCCC2)c2ccccc2)c(C)c1. The van der Waals surface area contributed by atoms with E-state index in [2.05, 4.69) is 10.2 Å². The van der Waals surface area contributed by atoms with Crippen LogP contribution in [0.4, 0.5) is 0 Å². The Hall–Kier alpha value is -2.46. The van der Waals surface area contributed by atoms with Crippen LogP contribution in [0.1, 0.15) is 55.3 Å². The second-order valence-electron chi connectivity index (χ2n) is 10.5. The molecule has 8 nitrogen and oxygen atoms in total. The Balaban J connectivity index is 1.40. The monoisotopic (exact) mass is 543 g/mol. The van der Waals surface area contributed by atoms with Crippen molar-refractivity contribution in [2.75, 3.05) is 39.9 Å². The molecule has 2 fully saturated rings. The highest BCUT2D eigenvalue weighted by molar-refractivity contribution is 7.89. The van der Waals surface area contributed by atoms with Crippen molar-refractivity contribution in [2.45, 2.75) is 69.5 Å². The molecule has 2 aliphatic heterocycles. The van der Waals surface area contributed by atoms with E-state index in [4.69, 9.17) is 9.47 Å². The molecule has 9 heteroatoms. The molecule has 3 atom stereocenters. The fourth-order valence-electron chi connectivity index (χ4n) is 5.61. The molecule has 0 aromatic heterocycles. The molecule has 0 saturated carbocycles. The van der Waals surface area contributed by atoms with Crippen LogP contribution in [-0.4, -0.2) is 75.6 Å². The fraction of sp³-hybridized carbons (Fsp3) is 0.552. The minimum absolute atomic E-state index is 0.128. The van der Waals surface area contributed by atoms with Crippen molar-refractivity contribution in [1.29, 1.82) is 0 Å². The largest absolute Gasteiger partial charge is 0.497 e. The molecule has 0 spiro atoms. The van der Waals surface area contributed by atoms with Gasteiger partial charge >= 0.3 is 0 Å². The fourth-order valence-corrected chi connectivity index (χ4v) is 7.70. The van der Waals surface area contributed by atoms with Crippen molar-refractivity contribution in [3.8, 4) is 5.75 Å². The number of nitrogens with one attached hydrogen (secondary N) is 1. The maximum atomic E-state index is 13.7. The van der Waals surface area contributed by atoms with Crippen LogP contribution in [0.5, 0.6) is 5.75 Å². The van der Waals surface area contributed by atoms with Gasteiger partial charge in [-0.25, -0.2) is 8.42 Å². The molecule has 2 saturated heterocycles. The van der Waals surface area contributed by atoms with Crippen LogP contribution in [-0.2, 0) is 19.6 Å². The lowest BCUT2D eigenvalue weighted by Crippen LogP contribution is -2.44. The molecule has 1 amide bonds. The van der Waals surface area contributed by atoms with Crippen molar-refractivity contribution in [1.82, 2.24) is 14.5 Å². The van der Waals surface area contributed by atoms with Crippen LogP contribution >= 0.6 is 0 Å². The summed E-state index contributed by atoms with van der Waals surface area (Å²) < 4.78 is 40.2. The van der Waals surface area contributed by atoms with Crippen LogP contribution in [0.25, 0.3) is 0 Å². The van der Waals surface area contributed by atoms with Crippen LogP contribution in [0.15, 0.2) is 47.4 Å². The van der Waals surface area contributed by atoms with Crippen molar-refractivity contribution in [3.63, 3.8) is 0 Å². The first kappa shape index (κ1) is 28.5. The van der Waals surface area contributed by atoms with E-state index in [1.807, 2.05) is 30.3 Å². The van der Waals surface area contributed by atoms with Gasteiger partial charge in [-0.05, 0) is 88.4 Å². The third kappa shape index (κ3) is 6.57. The number of sulfonamides is 1. The zero-order chi connectivity index (χ0) is 27.3. The van der Waals surface area contributed by atoms with Crippen molar-refractivity contribution in [2.24, 2.45) is 0 Å². The summed E-state index contributed by atoms with van der Waals surface area (Å²) >= 11 is 0. The van der Waals surface area contributed by atoms with Crippen molar-refractivity contribution < 1.29 is 22.7 Å². The van der Waals surface area contributed by atoms with Crippen LogP contribution in [0.2, 0.25) is 0 Å². The molecule has 38 heavy (non-hydrogen) atoms. The van der Waals surface area contributed by atoms with Gasteiger partial charge in [0.05, 0.1) is 24.7 Å². The number of benzene rings is 2. The Morgan fingerprint density at radius 3 is 2.34 bits per heavy atom. The lowest BCUT2D eigenvalue weighted by atomic mass is 10.1. The highest BCUT2D eigenvalue weighted by Crippen LogP contribution is 2.32. The van der Waals surface area contributed by atoms with E-state index >= 15 is 0 Å². The van der Waals surface area contributed by atoms with Gasteiger partial charge in [0.1, 0.15) is 11.9 Å². The quantitative estimate of drug-likeness (QED) is 0.464. The van der Waals surface area contributed by atoms with Crippen molar-refractivity contribution >= 4 is 15.9 Å². The second kappa shape index (κ2) is 12.6. The molecule has 0 aliphatic carbocycles. The predicted molar refractivity (Wildman–Crippen MR) is 148 cm³/mol. The van der Waals surface area contributed by atoms with Gasteiger partial charge in [0.25, 0.3) is 0 Å². The Labute approximate surface area is 227 Å².